The Morgan fingerprint density at radius 2 is 1.09 bits per heavy atom. The topological polar surface area (TPSA) is 74.6 Å². The van der Waals surface area contributed by atoms with Gasteiger partial charge in [-0.25, -0.2) is 0 Å². The maximum atomic E-state index is 11.6. The van der Waals surface area contributed by atoms with Gasteiger partial charge in [0.25, 0.3) is 0 Å². The second kappa shape index (κ2) is 12.0. The Morgan fingerprint density at radius 1 is 0.739 bits per heavy atom. The van der Waals surface area contributed by atoms with Crippen LogP contribution in [0.5, 0.6) is 0 Å². The summed E-state index contributed by atoms with van der Waals surface area (Å²) in [5.74, 6) is -2.43. The predicted molar refractivity (Wildman–Crippen MR) is 96.2 cm³/mol. The zero-order valence-electron chi connectivity index (χ0n) is 14.8. The van der Waals surface area contributed by atoms with Gasteiger partial charge in [0.05, 0.1) is 0 Å². The Balaban J connectivity index is 0. The van der Waals surface area contributed by atoms with Gasteiger partial charge in [-0.05, 0) is 11.8 Å². The second-order valence-corrected chi connectivity index (χ2v) is 7.34. The van der Waals surface area contributed by atoms with Crippen LogP contribution in [-0.2, 0) is 9.59 Å². The van der Waals surface area contributed by atoms with Crippen LogP contribution in [0.25, 0.3) is 0 Å². The van der Waals surface area contributed by atoms with Crippen LogP contribution < -0.4 is 0 Å². The van der Waals surface area contributed by atoms with Gasteiger partial charge in [0.2, 0.25) is 0 Å². The summed E-state index contributed by atoms with van der Waals surface area (Å²) in [6.07, 6.45) is 10.3. The Labute approximate surface area is 153 Å². The molecular weight excluding hydrogens is 287 g/mol. The molecule has 5 heteroatoms. The average Bonchev–Trinajstić information content (AvgIpc) is 2.38. The number of rotatable bonds is 12. The van der Waals surface area contributed by atoms with Gasteiger partial charge in [-0.3, -0.25) is 9.59 Å². The number of aliphatic carboxylic acids is 2. The molecule has 0 rings (SSSR count). The Bertz CT molecular complexity index is 333. The molecule has 0 aromatic rings. The van der Waals surface area contributed by atoms with E-state index in [2.05, 4.69) is 6.92 Å². The second-order valence-electron chi connectivity index (χ2n) is 7.34. The van der Waals surface area contributed by atoms with E-state index < -0.39 is 22.8 Å². The van der Waals surface area contributed by atoms with Gasteiger partial charge in [-0.15, -0.1) is 0 Å². The molecular formula is C18H35LiO4. The molecule has 0 atom stereocenters. The summed E-state index contributed by atoms with van der Waals surface area (Å²) >= 11 is 0. The molecule has 23 heavy (non-hydrogen) atoms. The minimum atomic E-state index is -1.69. The van der Waals surface area contributed by atoms with Crippen molar-refractivity contribution in [3.05, 3.63) is 0 Å². The van der Waals surface area contributed by atoms with Crippen molar-refractivity contribution in [2.45, 2.75) is 91.9 Å². The van der Waals surface area contributed by atoms with E-state index in [0.717, 1.165) is 19.3 Å². The van der Waals surface area contributed by atoms with E-state index in [1.807, 2.05) is 0 Å². The molecule has 0 radical (unpaired) electrons. The third-order valence-corrected chi connectivity index (χ3v) is 4.67. The first-order valence-corrected chi connectivity index (χ1v) is 8.67. The van der Waals surface area contributed by atoms with E-state index in [-0.39, 0.29) is 25.3 Å². The van der Waals surface area contributed by atoms with Crippen molar-refractivity contribution >= 4 is 30.8 Å². The van der Waals surface area contributed by atoms with Crippen LogP contribution in [-0.4, -0.2) is 41.0 Å². The summed E-state index contributed by atoms with van der Waals surface area (Å²) in [5.41, 5.74) is -2.49. The van der Waals surface area contributed by atoms with Crippen LogP contribution in [0.4, 0.5) is 0 Å². The molecule has 0 aromatic carbocycles. The quantitative estimate of drug-likeness (QED) is 0.316. The summed E-state index contributed by atoms with van der Waals surface area (Å²) in [6.45, 7) is 7.29. The van der Waals surface area contributed by atoms with E-state index in [1.165, 1.54) is 32.1 Å². The maximum absolute atomic E-state index is 11.6. The van der Waals surface area contributed by atoms with E-state index in [1.54, 1.807) is 20.8 Å². The van der Waals surface area contributed by atoms with Gasteiger partial charge in [0.1, 0.15) is 0 Å². The summed E-state index contributed by atoms with van der Waals surface area (Å²) < 4.78 is 0. The Morgan fingerprint density at radius 3 is 1.39 bits per heavy atom. The molecule has 0 unspecified atom stereocenters. The molecule has 0 saturated carbocycles. The number of hydrogen-bond donors (Lipinski definition) is 2. The fourth-order valence-electron chi connectivity index (χ4n) is 3.02. The number of hydrogen-bond acceptors (Lipinski definition) is 2. The fraction of sp³-hybridized carbons (Fsp3) is 0.889. The standard InChI is InChI=1S/C18H34O4.Li.H/c1-5-6-7-8-9-10-11-12-13-14-18(15(19)20,16(21)22)17(2,3)4;;/h5-14H2,1-4H3,(H,19,20)(H,21,22);;. The number of carboxylic acids is 2. The Kier molecular flexibility index (Phi) is 12.9. The van der Waals surface area contributed by atoms with E-state index in [4.69, 9.17) is 0 Å². The summed E-state index contributed by atoms with van der Waals surface area (Å²) in [4.78, 5) is 23.2. The van der Waals surface area contributed by atoms with Gasteiger partial charge in [0, 0.05) is 0 Å². The molecule has 0 bridgehead atoms. The van der Waals surface area contributed by atoms with E-state index in [0.29, 0.717) is 6.42 Å². The van der Waals surface area contributed by atoms with Gasteiger partial charge in [-0.1, -0.05) is 85.5 Å². The summed E-state index contributed by atoms with van der Waals surface area (Å²) in [5, 5.41) is 18.9. The van der Waals surface area contributed by atoms with E-state index in [9.17, 15) is 19.8 Å². The number of unbranched alkanes of at least 4 members (excludes halogenated alkanes) is 8. The van der Waals surface area contributed by atoms with Crippen LogP contribution in [0.1, 0.15) is 91.9 Å². The van der Waals surface area contributed by atoms with E-state index >= 15 is 0 Å². The molecule has 2 N–H and O–H groups in total. The van der Waals surface area contributed by atoms with Crippen LogP contribution in [0.3, 0.4) is 0 Å². The molecule has 0 amide bonds. The molecule has 132 valence electrons. The van der Waals surface area contributed by atoms with Gasteiger partial charge in [-0.2, -0.15) is 0 Å². The molecule has 0 aliphatic rings. The number of carbonyl (C=O) groups is 2. The normalized spacial score (nSPS) is 11.8. The predicted octanol–water partition coefficient (Wildman–Crippen LogP) is 4.46. The molecule has 0 fully saturated rings. The molecule has 0 aliphatic carbocycles. The molecule has 0 spiro atoms. The third-order valence-electron chi connectivity index (χ3n) is 4.67. The van der Waals surface area contributed by atoms with Crippen molar-refractivity contribution in [1.29, 1.82) is 0 Å². The molecule has 0 aromatic heterocycles. The van der Waals surface area contributed by atoms with Crippen molar-refractivity contribution in [1.82, 2.24) is 0 Å². The van der Waals surface area contributed by atoms with Crippen LogP contribution in [0, 0.1) is 10.8 Å². The monoisotopic (exact) mass is 322 g/mol. The minimum absolute atomic E-state index is 0. The van der Waals surface area contributed by atoms with Gasteiger partial charge < -0.3 is 10.2 Å². The first kappa shape index (κ1) is 24.8. The van der Waals surface area contributed by atoms with Gasteiger partial charge in [0.15, 0.2) is 5.41 Å². The molecule has 0 heterocycles. The molecule has 0 aliphatic heterocycles. The van der Waals surface area contributed by atoms with Crippen molar-refractivity contribution in [2.24, 2.45) is 10.8 Å². The summed E-state index contributed by atoms with van der Waals surface area (Å²) in [6, 6.07) is 0. The van der Waals surface area contributed by atoms with Crippen LogP contribution in [0.15, 0.2) is 0 Å². The van der Waals surface area contributed by atoms with Crippen molar-refractivity contribution in [2.75, 3.05) is 0 Å². The molecule has 4 nitrogen and oxygen atoms in total. The first-order chi connectivity index (χ1) is 10.2. The van der Waals surface area contributed by atoms with Crippen molar-refractivity contribution < 1.29 is 19.8 Å². The fourth-order valence-corrected chi connectivity index (χ4v) is 3.02. The van der Waals surface area contributed by atoms with Gasteiger partial charge >= 0.3 is 30.8 Å². The van der Waals surface area contributed by atoms with Crippen molar-refractivity contribution in [3.8, 4) is 0 Å². The van der Waals surface area contributed by atoms with Crippen LogP contribution in [0.2, 0.25) is 0 Å². The zero-order chi connectivity index (χ0) is 17.2. The SMILES string of the molecule is CCCCCCCCCCCC(C(=O)O)(C(=O)O)C(C)(C)C.[LiH]. The summed E-state index contributed by atoms with van der Waals surface area (Å²) in [7, 11) is 0. The van der Waals surface area contributed by atoms with Crippen LogP contribution >= 0.6 is 0 Å². The number of carboxylic acid groups (broad SMARTS) is 2. The zero-order valence-corrected chi connectivity index (χ0v) is 14.8. The third kappa shape index (κ3) is 7.77. The average molecular weight is 322 g/mol. The Hall–Kier alpha value is -0.463. The van der Waals surface area contributed by atoms with Crippen molar-refractivity contribution in [3.63, 3.8) is 0 Å². The first-order valence-electron chi connectivity index (χ1n) is 8.67. The molecule has 0 saturated heterocycles.